The summed E-state index contributed by atoms with van der Waals surface area (Å²) in [4.78, 5) is 14.5. The van der Waals surface area contributed by atoms with Gasteiger partial charge in [0.1, 0.15) is 0 Å². The van der Waals surface area contributed by atoms with Gasteiger partial charge in [-0.2, -0.15) is 0 Å². The third-order valence-corrected chi connectivity index (χ3v) is 5.09. The zero-order chi connectivity index (χ0) is 14.8. The van der Waals surface area contributed by atoms with E-state index in [4.69, 9.17) is 0 Å². The number of rotatable bonds is 5. The Morgan fingerprint density at radius 2 is 2.10 bits per heavy atom. The summed E-state index contributed by atoms with van der Waals surface area (Å²) in [6.45, 7) is 4.89. The fourth-order valence-electron chi connectivity index (χ4n) is 2.88. The Kier molecular flexibility index (Phi) is 5.04. The Morgan fingerprint density at radius 3 is 2.65 bits per heavy atom. The number of likely N-dealkylation sites (tertiary alicyclic amines) is 1. The summed E-state index contributed by atoms with van der Waals surface area (Å²) in [6.07, 6.45) is 4.10. The minimum Gasteiger partial charge on any atom is -0.338 e. The van der Waals surface area contributed by atoms with Crippen molar-refractivity contribution in [2.75, 3.05) is 32.4 Å². The van der Waals surface area contributed by atoms with E-state index >= 15 is 0 Å². The molecule has 0 spiro atoms. The third kappa shape index (κ3) is 3.93. The van der Waals surface area contributed by atoms with Crippen molar-refractivity contribution in [1.82, 2.24) is 14.9 Å². The van der Waals surface area contributed by atoms with Gasteiger partial charge in [0, 0.05) is 25.0 Å². The van der Waals surface area contributed by atoms with Gasteiger partial charge in [-0.1, -0.05) is 6.92 Å². The molecule has 2 saturated heterocycles. The first kappa shape index (κ1) is 15.7. The first-order valence-electron chi connectivity index (χ1n) is 7.34. The molecule has 7 heteroatoms. The lowest BCUT2D eigenvalue weighted by molar-refractivity contribution is -0.141. The van der Waals surface area contributed by atoms with Crippen LogP contribution in [0.3, 0.4) is 0 Å². The number of hydrogen-bond acceptors (Lipinski definition) is 4. The summed E-state index contributed by atoms with van der Waals surface area (Å²) >= 11 is 0. The molecule has 0 bridgehead atoms. The zero-order valence-electron chi connectivity index (χ0n) is 12.3. The lowest BCUT2D eigenvalue weighted by Crippen LogP contribution is -2.55. The molecule has 2 rings (SSSR count). The van der Waals surface area contributed by atoms with Gasteiger partial charge in [0.15, 0.2) is 0 Å². The molecule has 0 aromatic rings. The molecule has 2 aliphatic rings. The maximum atomic E-state index is 12.6. The van der Waals surface area contributed by atoms with E-state index in [0.29, 0.717) is 12.5 Å². The molecule has 2 aliphatic heterocycles. The van der Waals surface area contributed by atoms with Crippen molar-refractivity contribution in [2.45, 2.75) is 32.2 Å². The van der Waals surface area contributed by atoms with Gasteiger partial charge in [-0.25, -0.2) is 13.1 Å². The summed E-state index contributed by atoms with van der Waals surface area (Å²) in [7, 11) is -3.20. The van der Waals surface area contributed by atoms with Crippen molar-refractivity contribution >= 4 is 15.9 Å². The summed E-state index contributed by atoms with van der Waals surface area (Å²) in [5, 5.41) is 3.19. The van der Waals surface area contributed by atoms with E-state index in [-0.39, 0.29) is 17.9 Å². The van der Waals surface area contributed by atoms with Crippen LogP contribution in [0, 0.1) is 11.8 Å². The molecule has 2 fully saturated rings. The van der Waals surface area contributed by atoms with Gasteiger partial charge in [0.05, 0.1) is 6.26 Å². The molecule has 1 amide bonds. The second-order valence-corrected chi connectivity index (χ2v) is 7.84. The van der Waals surface area contributed by atoms with Crippen molar-refractivity contribution in [1.29, 1.82) is 0 Å². The Bertz CT molecular complexity index is 448. The van der Waals surface area contributed by atoms with E-state index in [1.54, 1.807) is 0 Å². The summed E-state index contributed by atoms with van der Waals surface area (Å²) in [5.41, 5.74) is 0. The van der Waals surface area contributed by atoms with E-state index in [9.17, 15) is 13.2 Å². The molecular formula is C13H25N3O3S. The lowest BCUT2D eigenvalue weighted by atomic mass is 9.87. The fourth-order valence-corrected chi connectivity index (χ4v) is 3.37. The molecule has 0 aromatic heterocycles. The monoisotopic (exact) mass is 303 g/mol. The summed E-state index contributed by atoms with van der Waals surface area (Å²) in [6, 6.07) is 0.00135. The average molecular weight is 303 g/mol. The highest BCUT2D eigenvalue weighted by Gasteiger charge is 2.35. The molecule has 2 unspecified atom stereocenters. The van der Waals surface area contributed by atoms with Crippen LogP contribution < -0.4 is 10.0 Å². The van der Waals surface area contributed by atoms with Gasteiger partial charge in [-0.15, -0.1) is 0 Å². The fraction of sp³-hybridized carbons (Fsp3) is 0.923. The predicted octanol–water partition coefficient (Wildman–Crippen LogP) is -0.228. The van der Waals surface area contributed by atoms with Crippen molar-refractivity contribution in [3.05, 3.63) is 0 Å². The van der Waals surface area contributed by atoms with E-state index in [2.05, 4.69) is 10.0 Å². The van der Waals surface area contributed by atoms with Gasteiger partial charge in [-0.3, -0.25) is 4.79 Å². The maximum Gasteiger partial charge on any atom is 0.226 e. The first-order valence-corrected chi connectivity index (χ1v) is 9.23. The van der Waals surface area contributed by atoms with Gasteiger partial charge in [0.2, 0.25) is 15.9 Å². The van der Waals surface area contributed by atoms with E-state index < -0.39 is 10.0 Å². The van der Waals surface area contributed by atoms with Gasteiger partial charge in [0.25, 0.3) is 0 Å². The minimum atomic E-state index is -3.20. The van der Waals surface area contributed by atoms with Crippen molar-refractivity contribution in [3.63, 3.8) is 0 Å². The van der Waals surface area contributed by atoms with E-state index in [1.807, 2.05) is 11.8 Å². The Labute approximate surface area is 121 Å². The number of hydrogen-bond donors (Lipinski definition) is 2. The quantitative estimate of drug-likeness (QED) is 0.735. The number of sulfonamides is 1. The van der Waals surface area contributed by atoms with Gasteiger partial charge >= 0.3 is 0 Å². The van der Waals surface area contributed by atoms with Crippen LogP contribution in [0.1, 0.15) is 26.2 Å². The van der Waals surface area contributed by atoms with Crippen molar-refractivity contribution < 1.29 is 13.2 Å². The van der Waals surface area contributed by atoms with Crippen LogP contribution in [-0.2, 0) is 14.8 Å². The highest BCUT2D eigenvalue weighted by Crippen LogP contribution is 2.24. The second-order valence-electron chi connectivity index (χ2n) is 6.01. The van der Waals surface area contributed by atoms with Crippen LogP contribution in [0.5, 0.6) is 0 Å². The van der Waals surface area contributed by atoms with E-state index in [0.717, 1.165) is 45.2 Å². The van der Waals surface area contributed by atoms with E-state index in [1.165, 1.54) is 0 Å². The predicted molar refractivity (Wildman–Crippen MR) is 77.7 cm³/mol. The number of piperidine rings is 1. The number of carbonyl (C=O) groups is 1. The van der Waals surface area contributed by atoms with Crippen LogP contribution in [0.2, 0.25) is 0 Å². The minimum absolute atomic E-state index is 0.00135. The van der Waals surface area contributed by atoms with Crippen molar-refractivity contribution in [3.8, 4) is 0 Å². The molecule has 0 aliphatic carbocycles. The van der Waals surface area contributed by atoms with Crippen LogP contribution in [0.25, 0.3) is 0 Å². The molecular weight excluding hydrogens is 278 g/mol. The number of nitrogens with one attached hydrogen (secondary N) is 2. The third-order valence-electron chi connectivity index (χ3n) is 4.40. The standard InChI is InChI=1S/C13H25N3O3S/c1-10(11-7-14-8-11)13(17)16-6-4-3-5-12(16)9-15-20(2,18)19/h10-12,14-15H,3-9H2,1-2H3. The highest BCUT2D eigenvalue weighted by atomic mass is 32.2. The van der Waals surface area contributed by atoms with Gasteiger partial charge in [-0.05, 0) is 38.3 Å². The highest BCUT2D eigenvalue weighted by molar-refractivity contribution is 7.88. The molecule has 0 saturated carbocycles. The molecule has 0 radical (unpaired) electrons. The molecule has 6 nitrogen and oxygen atoms in total. The Hall–Kier alpha value is -0.660. The number of amides is 1. The lowest BCUT2D eigenvalue weighted by Gasteiger charge is -2.40. The zero-order valence-corrected chi connectivity index (χ0v) is 13.1. The summed E-state index contributed by atoms with van der Waals surface area (Å²) in [5.74, 6) is 0.625. The molecule has 2 N–H and O–H groups in total. The molecule has 0 aromatic carbocycles. The summed E-state index contributed by atoms with van der Waals surface area (Å²) < 4.78 is 25.0. The Morgan fingerprint density at radius 1 is 1.40 bits per heavy atom. The molecule has 2 heterocycles. The van der Waals surface area contributed by atoms with Crippen LogP contribution >= 0.6 is 0 Å². The largest absolute Gasteiger partial charge is 0.338 e. The van der Waals surface area contributed by atoms with Gasteiger partial charge < -0.3 is 10.2 Å². The Balaban J connectivity index is 1.96. The van der Waals surface area contributed by atoms with Crippen LogP contribution in [0.15, 0.2) is 0 Å². The smallest absolute Gasteiger partial charge is 0.226 e. The number of carbonyl (C=O) groups excluding carboxylic acids is 1. The number of nitrogens with zero attached hydrogens (tertiary/aromatic N) is 1. The molecule has 2 atom stereocenters. The second kappa shape index (κ2) is 6.41. The van der Waals surface area contributed by atoms with Crippen LogP contribution in [-0.4, -0.2) is 57.7 Å². The molecule has 116 valence electrons. The molecule has 20 heavy (non-hydrogen) atoms. The maximum absolute atomic E-state index is 12.6. The average Bonchev–Trinajstić information content (AvgIpc) is 2.33. The normalized spacial score (nSPS) is 26.1. The van der Waals surface area contributed by atoms with Crippen molar-refractivity contribution in [2.24, 2.45) is 11.8 Å². The first-order chi connectivity index (χ1) is 9.38. The van der Waals surface area contributed by atoms with Crippen LogP contribution in [0.4, 0.5) is 0 Å². The topological polar surface area (TPSA) is 78.5 Å². The SMILES string of the molecule is CC(C(=O)N1CCCCC1CNS(C)(=O)=O)C1CNC1.